The topological polar surface area (TPSA) is 137 Å². The first-order valence-electron chi connectivity index (χ1n) is 8.88. The molecule has 31 heavy (non-hydrogen) atoms. The maximum Gasteiger partial charge on any atom is 0.412 e. The van der Waals surface area contributed by atoms with Gasteiger partial charge in [0, 0.05) is 17.7 Å². The molecular formula is C20H20FN3O7. The van der Waals surface area contributed by atoms with Gasteiger partial charge in [-0.2, -0.15) is 0 Å². The van der Waals surface area contributed by atoms with Crippen LogP contribution >= 0.6 is 0 Å². The van der Waals surface area contributed by atoms with Crippen molar-refractivity contribution in [2.45, 2.75) is 26.4 Å². The number of carbonyl (C=O) groups is 3. The highest BCUT2D eigenvalue weighted by molar-refractivity contribution is 6.08. The quantitative estimate of drug-likeness (QED) is 0.411. The molecule has 2 amide bonds. The molecule has 0 saturated heterocycles. The third kappa shape index (κ3) is 6.49. The van der Waals surface area contributed by atoms with E-state index in [1.807, 2.05) is 0 Å². The molecular weight excluding hydrogens is 413 g/mol. The summed E-state index contributed by atoms with van der Waals surface area (Å²) in [5, 5.41) is 15.9. The third-order valence-corrected chi connectivity index (χ3v) is 3.68. The lowest BCUT2D eigenvalue weighted by Gasteiger charge is -2.20. The van der Waals surface area contributed by atoms with Crippen molar-refractivity contribution in [1.29, 1.82) is 0 Å². The summed E-state index contributed by atoms with van der Waals surface area (Å²) in [5.74, 6) is -2.47. The standard InChI is InChI=1S/C20H20FN3O7/c1-20(2,3)31-19(27)23-15-6-5-13(21)10-16(15)22-17(25)11-7-12(18(26)30-4)9-14(8-11)24(28)29/h5-10H,1-4H3,(H,22,25)(H,23,27). The predicted molar refractivity (Wildman–Crippen MR) is 109 cm³/mol. The zero-order valence-electron chi connectivity index (χ0n) is 17.1. The summed E-state index contributed by atoms with van der Waals surface area (Å²) < 4.78 is 23.4. The monoisotopic (exact) mass is 433 g/mol. The Morgan fingerprint density at radius 3 is 2.23 bits per heavy atom. The second kappa shape index (κ2) is 9.20. The number of nitrogens with one attached hydrogen (secondary N) is 2. The first-order chi connectivity index (χ1) is 14.4. The number of hydrogen-bond donors (Lipinski definition) is 2. The summed E-state index contributed by atoms with van der Waals surface area (Å²) in [6.07, 6.45) is -0.835. The number of nitrogens with zero attached hydrogens (tertiary/aromatic N) is 1. The summed E-state index contributed by atoms with van der Waals surface area (Å²) in [7, 11) is 1.09. The van der Waals surface area contributed by atoms with Gasteiger partial charge in [-0.25, -0.2) is 14.0 Å². The van der Waals surface area contributed by atoms with Crippen LogP contribution in [-0.2, 0) is 9.47 Å². The number of methoxy groups -OCH3 is 1. The van der Waals surface area contributed by atoms with Gasteiger partial charge in [-0.1, -0.05) is 0 Å². The van der Waals surface area contributed by atoms with Crippen molar-refractivity contribution in [2.24, 2.45) is 0 Å². The number of nitro benzene ring substituents is 1. The molecule has 0 fully saturated rings. The average molecular weight is 433 g/mol. The zero-order chi connectivity index (χ0) is 23.3. The average Bonchev–Trinajstić information content (AvgIpc) is 2.67. The first kappa shape index (κ1) is 23.3. The molecule has 0 aliphatic heterocycles. The fraction of sp³-hybridized carbons (Fsp3) is 0.250. The smallest absolute Gasteiger partial charge is 0.412 e. The molecule has 2 N–H and O–H groups in total. The Morgan fingerprint density at radius 2 is 1.65 bits per heavy atom. The molecule has 0 bridgehead atoms. The van der Waals surface area contributed by atoms with Gasteiger partial charge < -0.3 is 14.8 Å². The number of benzene rings is 2. The number of nitro groups is 1. The van der Waals surface area contributed by atoms with Gasteiger partial charge in [-0.3, -0.25) is 20.2 Å². The molecule has 10 nitrogen and oxygen atoms in total. The Hall–Kier alpha value is -4.02. The lowest BCUT2D eigenvalue weighted by molar-refractivity contribution is -0.384. The summed E-state index contributed by atoms with van der Waals surface area (Å²) in [5.41, 5.74) is -1.86. The van der Waals surface area contributed by atoms with Gasteiger partial charge in [-0.15, -0.1) is 0 Å². The summed E-state index contributed by atoms with van der Waals surface area (Å²) in [6, 6.07) is 6.22. The molecule has 0 unspecified atom stereocenters. The fourth-order valence-corrected chi connectivity index (χ4v) is 2.42. The Morgan fingerprint density at radius 1 is 1.00 bits per heavy atom. The Kier molecular flexibility index (Phi) is 6.90. The van der Waals surface area contributed by atoms with Crippen LogP contribution in [0.15, 0.2) is 36.4 Å². The van der Waals surface area contributed by atoms with Crippen molar-refractivity contribution in [3.05, 3.63) is 63.5 Å². The third-order valence-electron chi connectivity index (χ3n) is 3.68. The van der Waals surface area contributed by atoms with E-state index in [0.717, 1.165) is 37.4 Å². The van der Waals surface area contributed by atoms with Gasteiger partial charge in [0.15, 0.2) is 0 Å². The molecule has 0 aliphatic rings. The molecule has 2 aromatic carbocycles. The van der Waals surface area contributed by atoms with Crippen molar-refractivity contribution in [3.63, 3.8) is 0 Å². The second-order valence-corrected chi connectivity index (χ2v) is 7.29. The summed E-state index contributed by atoms with van der Waals surface area (Å²) in [4.78, 5) is 46.8. The minimum absolute atomic E-state index is 0.0302. The van der Waals surface area contributed by atoms with Gasteiger partial charge >= 0.3 is 12.1 Å². The highest BCUT2D eigenvalue weighted by Crippen LogP contribution is 2.25. The van der Waals surface area contributed by atoms with E-state index in [4.69, 9.17) is 4.74 Å². The van der Waals surface area contributed by atoms with Crippen LogP contribution in [-0.4, -0.2) is 35.6 Å². The molecule has 0 heterocycles. The summed E-state index contributed by atoms with van der Waals surface area (Å²) >= 11 is 0. The van der Waals surface area contributed by atoms with Crippen LogP contribution in [0.3, 0.4) is 0 Å². The van der Waals surface area contributed by atoms with E-state index in [2.05, 4.69) is 15.4 Å². The van der Waals surface area contributed by atoms with Crippen LogP contribution in [0.4, 0.5) is 26.2 Å². The Bertz CT molecular complexity index is 1050. The van der Waals surface area contributed by atoms with Crippen LogP contribution < -0.4 is 10.6 Å². The normalized spacial score (nSPS) is 10.7. The van der Waals surface area contributed by atoms with Crippen LogP contribution in [0.1, 0.15) is 41.5 Å². The zero-order valence-corrected chi connectivity index (χ0v) is 17.1. The number of esters is 1. The largest absolute Gasteiger partial charge is 0.465 e. The molecule has 11 heteroatoms. The first-order valence-corrected chi connectivity index (χ1v) is 8.88. The Balaban J connectivity index is 2.36. The van der Waals surface area contributed by atoms with Crippen molar-refractivity contribution in [1.82, 2.24) is 0 Å². The molecule has 2 rings (SSSR count). The molecule has 0 aliphatic carbocycles. The minimum atomic E-state index is -0.883. The van der Waals surface area contributed by atoms with Crippen molar-refractivity contribution >= 4 is 35.0 Å². The highest BCUT2D eigenvalue weighted by atomic mass is 19.1. The van der Waals surface area contributed by atoms with Crippen LogP contribution in [0.5, 0.6) is 0 Å². The highest BCUT2D eigenvalue weighted by Gasteiger charge is 2.21. The van der Waals surface area contributed by atoms with E-state index >= 15 is 0 Å². The van der Waals surface area contributed by atoms with E-state index in [0.29, 0.717) is 0 Å². The lowest BCUT2D eigenvalue weighted by Crippen LogP contribution is -2.27. The predicted octanol–water partition coefficient (Wildman–Crippen LogP) is 4.12. The minimum Gasteiger partial charge on any atom is -0.465 e. The molecule has 0 atom stereocenters. The number of ether oxygens (including phenoxy) is 2. The van der Waals surface area contributed by atoms with E-state index in [-0.39, 0.29) is 22.5 Å². The van der Waals surface area contributed by atoms with Crippen molar-refractivity contribution in [3.8, 4) is 0 Å². The fourth-order valence-electron chi connectivity index (χ4n) is 2.42. The van der Waals surface area contributed by atoms with Crippen molar-refractivity contribution in [2.75, 3.05) is 17.7 Å². The molecule has 0 spiro atoms. The van der Waals surface area contributed by atoms with Crippen LogP contribution in [0.2, 0.25) is 0 Å². The molecule has 0 radical (unpaired) electrons. The number of hydrogen-bond acceptors (Lipinski definition) is 7. The van der Waals surface area contributed by atoms with E-state index in [9.17, 15) is 28.9 Å². The lowest BCUT2D eigenvalue weighted by atomic mass is 10.1. The molecule has 164 valence electrons. The number of anilines is 2. The number of amides is 2. The van der Waals surface area contributed by atoms with Crippen molar-refractivity contribution < 1.29 is 33.2 Å². The Labute approximate surface area is 176 Å². The maximum absolute atomic E-state index is 13.7. The number of rotatable bonds is 5. The van der Waals surface area contributed by atoms with Crippen LogP contribution in [0.25, 0.3) is 0 Å². The van der Waals surface area contributed by atoms with Gasteiger partial charge in [0.2, 0.25) is 0 Å². The van der Waals surface area contributed by atoms with E-state index < -0.39 is 40.0 Å². The van der Waals surface area contributed by atoms with E-state index in [1.165, 1.54) is 6.07 Å². The maximum atomic E-state index is 13.7. The number of halogens is 1. The van der Waals surface area contributed by atoms with Gasteiger partial charge in [0.1, 0.15) is 11.4 Å². The second-order valence-electron chi connectivity index (χ2n) is 7.29. The van der Waals surface area contributed by atoms with Gasteiger partial charge in [0.05, 0.1) is 29.0 Å². The molecule has 0 saturated carbocycles. The van der Waals surface area contributed by atoms with Crippen LogP contribution in [0, 0.1) is 15.9 Å². The van der Waals surface area contributed by atoms with E-state index in [1.54, 1.807) is 20.8 Å². The number of non-ortho nitro benzene ring substituents is 1. The van der Waals surface area contributed by atoms with Gasteiger partial charge in [0.25, 0.3) is 11.6 Å². The number of carbonyl (C=O) groups excluding carboxylic acids is 3. The summed E-state index contributed by atoms with van der Waals surface area (Å²) in [6.45, 7) is 4.96. The molecule has 0 aromatic heterocycles. The SMILES string of the molecule is COC(=O)c1cc(C(=O)Nc2cc(F)ccc2NC(=O)OC(C)(C)C)cc([N+](=O)[O-])c1. The van der Waals surface area contributed by atoms with Gasteiger partial charge in [-0.05, 0) is 45.0 Å². The molecule has 2 aromatic rings.